The summed E-state index contributed by atoms with van der Waals surface area (Å²) in [4.78, 5) is 16.2. The van der Waals surface area contributed by atoms with Crippen molar-refractivity contribution in [3.8, 4) is 17.1 Å². The fourth-order valence-electron chi connectivity index (χ4n) is 2.93. The van der Waals surface area contributed by atoms with Crippen molar-refractivity contribution in [3.63, 3.8) is 0 Å². The fourth-order valence-corrected chi connectivity index (χ4v) is 2.93. The van der Waals surface area contributed by atoms with E-state index < -0.39 is 0 Å². The van der Waals surface area contributed by atoms with Gasteiger partial charge in [-0.05, 0) is 25.0 Å². The average Bonchev–Trinajstić information content (AvgIpc) is 3.24. The highest BCUT2D eigenvalue weighted by molar-refractivity contribution is 5.76. The second kappa shape index (κ2) is 7.31. The number of hydrogen-bond donors (Lipinski definition) is 1. The molecule has 5 nitrogen and oxygen atoms in total. The fraction of sp³-hybridized carbons (Fsp3) is 0.444. The number of ether oxygens (including phenoxy) is 1. The number of carbonyl (C=O) groups excluding carboxylic acids is 1. The van der Waals surface area contributed by atoms with Crippen LogP contribution in [0.3, 0.4) is 0 Å². The van der Waals surface area contributed by atoms with Crippen LogP contribution in [0, 0.1) is 0 Å². The van der Waals surface area contributed by atoms with E-state index in [1.807, 2.05) is 24.3 Å². The lowest BCUT2D eigenvalue weighted by atomic mass is 10.2. The minimum atomic E-state index is 0.0815. The lowest BCUT2D eigenvalue weighted by Crippen LogP contribution is -2.32. The molecular weight excluding hydrogens is 292 g/mol. The van der Waals surface area contributed by atoms with Gasteiger partial charge in [-0.2, -0.15) is 0 Å². The highest BCUT2D eigenvalue weighted by Gasteiger charge is 2.17. The topological polar surface area (TPSA) is 64.4 Å². The SMILES string of the molecule is COc1cccc(-c2cnc(CCC(=O)NC3CCCC3)o2)c1. The number of hydrogen-bond acceptors (Lipinski definition) is 4. The number of nitrogens with zero attached hydrogens (tertiary/aromatic N) is 1. The highest BCUT2D eigenvalue weighted by atomic mass is 16.5. The Morgan fingerprint density at radius 2 is 2.22 bits per heavy atom. The van der Waals surface area contributed by atoms with E-state index in [0.717, 1.165) is 24.2 Å². The maximum atomic E-state index is 11.9. The molecule has 1 aliphatic carbocycles. The summed E-state index contributed by atoms with van der Waals surface area (Å²) in [5.74, 6) is 2.13. The molecule has 5 heteroatoms. The summed E-state index contributed by atoms with van der Waals surface area (Å²) in [5.41, 5.74) is 0.915. The van der Waals surface area contributed by atoms with E-state index in [1.54, 1.807) is 13.3 Å². The van der Waals surface area contributed by atoms with E-state index in [9.17, 15) is 4.79 Å². The van der Waals surface area contributed by atoms with Crippen LogP contribution in [-0.4, -0.2) is 24.0 Å². The Hall–Kier alpha value is -2.30. The summed E-state index contributed by atoms with van der Waals surface area (Å²) in [7, 11) is 1.63. The first-order valence-electron chi connectivity index (χ1n) is 8.13. The van der Waals surface area contributed by atoms with E-state index >= 15 is 0 Å². The number of benzene rings is 1. The Bertz CT molecular complexity index is 660. The summed E-state index contributed by atoms with van der Waals surface area (Å²) in [6, 6.07) is 8.00. The Morgan fingerprint density at radius 1 is 1.39 bits per heavy atom. The van der Waals surface area contributed by atoms with Crippen LogP contribution >= 0.6 is 0 Å². The molecular formula is C18H22N2O3. The van der Waals surface area contributed by atoms with Gasteiger partial charge in [0, 0.05) is 24.4 Å². The van der Waals surface area contributed by atoms with E-state index in [0.29, 0.717) is 30.5 Å². The minimum absolute atomic E-state index is 0.0815. The third-order valence-electron chi connectivity index (χ3n) is 4.19. The number of aryl methyl sites for hydroxylation is 1. The molecule has 1 fully saturated rings. The van der Waals surface area contributed by atoms with Crippen molar-refractivity contribution in [2.24, 2.45) is 0 Å². The number of amides is 1. The number of methoxy groups -OCH3 is 1. The van der Waals surface area contributed by atoms with E-state index in [4.69, 9.17) is 9.15 Å². The molecule has 1 saturated carbocycles. The van der Waals surface area contributed by atoms with E-state index in [2.05, 4.69) is 10.3 Å². The van der Waals surface area contributed by atoms with Crippen molar-refractivity contribution in [1.29, 1.82) is 0 Å². The number of aromatic nitrogens is 1. The predicted molar refractivity (Wildman–Crippen MR) is 87.2 cm³/mol. The van der Waals surface area contributed by atoms with Gasteiger partial charge in [0.15, 0.2) is 11.7 Å². The molecule has 0 spiro atoms. The molecule has 3 rings (SSSR count). The van der Waals surface area contributed by atoms with Gasteiger partial charge in [0.25, 0.3) is 0 Å². The van der Waals surface area contributed by atoms with Crippen LogP contribution < -0.4 is 10.1 Å². The van der Waals surface area contributed by atoms with Gasteiger partial charge in [-0.15, -0.1) is 0 Å². The Balaban J connectivity index is 1.55. The minimum Gasteiger partial charge on any atom is -0.497 e. The molecule has 1 aromatic carbocycles. The van der Waals surface area contributed by atoms with Gasteiger partial charge in [0.1, 0.15) is 5.75 Å². The van der Waals surface area contributed by atoms with Crippen LogP contribution in [0.1, 0.15) is 38.0 Å². The molecule has 2 aromatic rings. The number of rotatable bonds is 6. The monoisotopic (exact) mass is 314 g/mol. The molecule has 0 atom stereocenters. The average molecular weight is 314 g/mol. The molecule has 1 aliphatic rings. The van der Waals surface area contributed by atoms with Crippen LogP contribution in [0.25, 0.3) is 11.3 Å². The second-order valence-electron chi connectivity index (χ2n) is 5.90. The maximum Gasteiger partial charge on any atom is 0.220 e. The molecule has 1 aromatic heterocycles. The zero-order chi connectivity index (χ0) is 16.1. The van der Waals surface area contributed by atoms with Crippen molar-refractivity contribution in [3.05, 3.63) is 36.4 Å². The Morgan fingerprint density at radius 3 is 3.00 bits per heavy atom. The second-order valence-corrected chi connectivity index (χ2v) is 5.90. The van der Waals surface area contributed by atoms with Crippen molar-refractivity contribution in [2.45, 2.75) is 44.6 Å². The molecule has 0 bridgehead atoms. The number of oxazole rings is 1. The van der Waals surface area contributed by atoms with Gasteiger partial charge >= 0.3 is 0 Å². The van der Waals surface area contributed by atoms with E-state index in [-0.39, 0.29) is 5.91 Å². The summed E-state index contributed by atoms with van der Waals surface area (Å²) >= 11 is 0. The van der Waals surface area contributed by atoms with Crippen LogP contribution in [0.5, 0.6) is 5.75 Å². The third kappa shape index (κ3) is 4.12. The smallest absolute Gasteiger partial charge is 0.220 e. The molecule has 0 saturated heterocycles. The Labute approximate surface area is 136 Å². The summed E-state index contributed by atoms with van der Waals surface area (Å²) in [6.45, 7) is 0. The Kier molecular flexibility index (Phi) is 4.95. The molecule has 1 amide bonds. The lowest BCUT2D eigenvalue weighted by molar-refractivity contribution is -0.121. The summed E-state index contributed by atoms with van der Waals surface area (Å²) in [5, 5.41) is 3.08. The molecule has 23 heavy (non-hydrogen) atoms. The largest absolute Gasteiger partial charge is 0.497 e. The van der Waals surface area contributed by atoms with Crippen molar-refractivity contribution < 1.29 is 13.9 Å². The normalized spacial score (nSPS) is 14.8. The van der Waals surface area contributed by atoms with Gasteiger partial charge in [0.05, 0.1) is 13.3 Å². The zero-order valence-electron chi connectivity index (χ0n) is 13.4. The van der Waals surface area contributed by atoms with Gasteiger partial charge in [-0.25, -0.2) is 4.98 Å². The van der Waals surface area contributed by atoms with Crippen molar-refractivity contribution in [2.75, 3.05) is 7.11 Å². The molecule has 0 radical (unpaired) electrons. The molecule has 1 N–H and O–H groups in total. The number of nitrogens with one attached hydrogen (secondary N) is 1. The van der Waals surface area contributed by atoms with Crippen LogP contribution in [-0.2, 0) is 11.2 Å². The van der Waals surface area contributed by atoms with Crippen molar-refractivity contribution >= 4 is 5.91 Å². The van der Waals surface area contributed by atoms with Gasteiger partial charge in [0.2, 0.25) is 5.91 Å². The van der Waals surface area contributed by atoms with Crippen LogP contribution in [0.4, 0.5) is 0 Å². The third-order valence-corrected chi connectivity index (χ3v) is 4.19. The molecule has 0 aliphatic heterocycles. The molecule has 0 unspecified atom stereocenters. The summed E-state index contributed by atoms with van der Waals surface area (Å²) < 4.78 is 11.0. The van der Waals surface area contributed by atoms with E-state index in [1.165, 1.54) is 12.8 Å². The predicted octanol–water partition coefficient (Wildman–Crippen LogP) is 3.34. The van der Waals surface area contributed by atoms with Gasteiger partial charge in [-0.3, -0.25) is 4.79 Å². The maximum absolute atomic E-state index is 11.9. The van der Waals surface area contributed by atoms with Crippen LogP contribution in [0.2, 0.25) is 0 Å². The first-order chi connectivity index (χ1) is 11.2. The standard InChI is InChI=1S/C18H22N2O3/c1-22-15-8-4-5-13(11-15)16-12-19-18(23-16)10-9-17(21)20-14-6-2-3-7-14/h4-5,8,11-12,14H,2-3,6-7,9-10H2,1H3,(H,20,21). The quantitative estimate of drug-likeness (QED) is 0.888. The van der Waals surface area contributed by atoms with Crippen LogP contribution in [0.15, 0.2) is 34.9 Å². The summed E-state index contributed by atoms with van der Waals surface area (Å²) in [6.07, 6.45) is 7.26. The zero-order valence-corrected chi connectivity index (χ0v) is 13.4. The first-order valence-corrected chi connectivity index (χ1v) is 8.13. The van der Waals surface area contributed by atoms with Gasteiger partial charge < -0.3 is 14.5 Å². The van der Waals surface area contributed by atoms with Crippen molar-refractivity contribution in [1.82, 2.24) is 10.3 Å². The molecule has 122 valence electrons. The first kappa shape index (κ1) is 15.6. The molecule has 1 heterocycles. The van der Waals surface area contributed by atoms with Gasteiger partial charge in [-0.1, -0.05) is 25.0 Å². The highest BCUT2D eigenvalue weighted by Crippen LogP contribution is 2.24. The lowest BCUT2D eigenvalue weighted by Gasteiger charge is -2.10. The number of carbonyl (C=O) groups is 1.